The number of rotatable bonds is 5. The van der Waals surface area contributed by atoms with Crippen LogP contribution in [0.25, 0.3) is 0 Å². The van der Waals surface area contributed by atoms with Crippen LogP contribution < -0.4 is 0 Å². The van der Waals surface area contributed by atoms with E-state index in [1.54, 1.807) is 24.5 Å². The first-order valence-corrected chi connectivity index (χ1v) is 10.3. The summed E-state index contributed by atoms with van der Waals surface area (Å²) in [5, 5.41) is 9.33. The zero-order valence-corrected chi connectivity index (χ0v) is 16.3. The van der Waals surface area contributed by atoms with E-state index in [0.717, 1.165) is 56.6 Å². The Labute approximate surface area is 167 Å². The smallest absolute Gasteiger partial charge is 0.253 e. The van der Waals surface area contributed by atoms with Gasteiger partial charge in [-0.3, -0.25) is 14.7 Å². The predicted molar refractivity (Wildman–Crippen MR) is 109 cm³/mol. The van der Waals surface area contributed by atoms with Crippen LogP contribution in [0.4, 0.5) is 0 Å². The predicted octanol–water partition coefficient (Wildman–Crippen LogP) is 2.74. The molecule has 0 aliphatic carbocycles. The van der Waals surface area contributed by atoms with Crippen LogP contribution in [0.1, 0.15) is 40.7 Å². The number of piperidine rings is 1. The van der Waals surface area contributed by atoms with Gasteiger partial charge in [-0.05, 0) is 61.4 Å². The second kappa shape index (κ2) is 8.84. The molecule has 2 saturated heterocycles. The fourth-order valence-electron chi connectivity index (χ4n) is 4.66. The maximum absolute atomic E-state index is 12.6. The SMILES string of the molecule is O=C(c1ccncc1)N1CCC(N2CC[C@H](Cc3cccc(CO)c3)C2)CC1. The molecule has 5 nitrogen and oxygen atoms in total. The molecule has 148 valence electrons. The van der Waals surface area contributed by atoms with Crippen LogP contribution in [0, 0.1) is 5.92 Å². The molecule has 2 aromatic rings. The number of pyridine rings is 1. The minimum Gasteiger partial charge on any atom is -0.392 e. The van der Waals surface area contributed by atoms with Crippen molar-refractivity contribution in [2.45, 2.75) is 38.3 Å². The van der Waals surface area contributed by atoms with Gasteiger partial charge in [-0.25, -0.2) is 0 Å². The number of likely N-dealkylation sites (tertiary alicyclic amines) is 2. The van der Waals surface area contributed by atoms with Crippen LogP contribution in [0.2, 0.25) is 0 Å². The third kappa shape index (κ3) is 4.42. The van der Waals surface area contributed by atoms with Crippen molar-refractivity contribution >= 4 is 5.91 Å². The highest BCUT2D eigenvalue weighted by atomic mass is 16.3. The van der Waals surface area contributed by atoms with E-state index in [-0.39, 0.29) is 12.5 Å². The van der Waals surface area contributed by atoms with Crippen LogP contribution in [0.3, 0.4) is 0 Å². The van der Waals surface area contributed by atoms with Crippen molar-refractivity contribution in [1.82, 2.24) is 14.8 Å². The number of nitrogens with zero attached hydrogens (tertiary/aromatic N) is 3. The summed E-state index contributed by atoms with van der Waals surface area (Å²) in [7, 11) is 0. The lowest BCUT2D eigenvalue weighted by Gasteiger charge is -2.37. The molecule has 1 N–H and O–H groups in total. The second-order valence-corrected chi connectivity index (χ2v) is 8.09. The highest BCUT2D eigenvalue weighted by Crippen LogP contribution is 2.27. The first-order valence-electron chi connectivity index (χ1n) is 10.3. The summed E-state index contributed by atoms with van der Waals surface area (Å²) in [6.45, 7) is 4.10. The van der Waals surface area contributed by atoms with Gasteiger partial charge in [-0.1, -0.05) is 24.3 Å². The van der Waals surface area contributed by atoms with E-state index < -0.39 is 0 Å². The molecule has 1 aromatic carbocycles. The van der Waals surface area contributed by atoms with Gasteiger partial charge in [0, 0.05) is 43.6 Å². The molecule has 0 bridgehead atoms. The fraction of sp³-hybridized carbons (Fsp3) is 0.478. The molecule has 1 amide bonds. The van der Waals surface area contributed by atoms with E-state index in [4.69, 9.17) is 0 Å². The molecule has 3 heterocycles. The van der Waals surface area contributed by atoms with Crippen LogP contribution in [0.15, 0.2) is 48.8 Å². The average molecular weight is 380 g/mol. The normalized spacial score (nSPS) is 21.2. The van der Waals surface area contributed by atoms with Crippen molar-refractivity contribution in [2.75, 3.05) is 26.2 Å². The number of aliphatic hydroxyl groups excluding tert-OH is 1. The Morgan fingerprint density at radius 3 is 2.54 bits per heavy atom. The van der Waals surface area contributed by atoms with Gasteiger partial charge in [0.25, 0.3) is 5.91 Å². The minimum absolute atomic E-state index is 0.113. The number of aromatic nitrogens is 1. The molecule has 1 aromatic heterocycles. The number of hydrogen-bond acceptors (Lipinski definition) is 4. The minimum atomic E-state index is 0.113. The molecule has 5 heteroatoms. The molecule has 2 aliphatic rings. The Hall–Kier alpha value is -2.24. The third-order valence-electron chi connectivity index (χ3n) is 6.21. The topological polar surface area (TPSA) is 56.7 Å². The molecule has 0 spiro atoms. The molecule has 0 saturated carbocycles. The quantitative estimate of drug-likeness (QED) is 0.868. The van der Waals surface area contributed by atoms with Crippen LogP contribution in [-0.2, 0) is 13.0 Å². The number of benzene rings is 1. The van der Waals surface area contributed by atoms with Crippen molar-refractivity contribution in [3.05, 3.63) is 65.5 Å². The zero-order chi connectivity index (χ0) is 19.3. The number of amides is 1. The molecular weight excluding hydrogens is 350 g/mol. The number of aliphatic hydroxyl groups is 1. The standard InChI is InChI=1S/C23H29N3O2/c27-17-20-3-1-2-18(15-20)14-19-6-11-26(16-19)22-7-12-25(13-8-22)23(28)21-4-9-24-10-5-21/h1-5,9-10,15,19,22,27H,6-8,11-14,16-17H2/t19-/m1/s1. The van der Waals surface area contributed by atoms with Crippen LogP contribution >= 0.6 is 0 Å². The molecule has 2 fully saturated rings. The van der Waals surface area contributed by atoms with E-state index in [9.17, 15) is 9.90 Å². The Balaban J connectivity index is 1.27. The van der Waals surface area contributed by atoms with E-state index in [0.29, 0.717) is 12.0 Å². The molecule has 28 heavy (non-hydrogen) atoms. The van der Waals surface area contributed by atoms with Crippen molar-refractivity contribution in [3.8, 4) is 0 Å². The van der Waals surface area contributed by atoms with Crippen molar-refractivity contribution in [2.24, 2.45) is 5.92 Å². The zero-order valence-electron chi connectivity index (χ0n) is 16.3. The third-order valence-corrected chi connectivity index (χ3v) is 6.21. The number of carbonyl (C=O) groups excluding carboxylic acids is 1. The Morgan fingerprint density at radius 2 is 1.79 bits per heavy atom. The van der Waals surface area contributed by atoms with E-state index in [1.165, 1.54) is 12.0 Å². The Bertz CT molecular complexity index is 787. The summed E-state index contributed by atoms with van der Waals surface area (Å²) in [4.78, 5) is 21.2. The summed E-state index contributed by atoms with van der Waals surface area (Å²) in [6.07, 6.45) is 7.80. The van der Waals surface area contributed by atoms with Crippen molar-refractivity contribution < 1.29 is 9.90 Å². The maximum atomic E-state index is 12.6. The van der Waals surface area contributed by atoms with Gasteiger partial charge < -0.3 is 10.0 Å². The molecule has 4 rings (SSSR count). The van der Waals surface area contributed by atoms with Gasteiger partial charge in [0.15, 0.2) is 0 Å². The van der Waals surface area contributed by atoms with Crippen molar-refractivity contribution in [1.29, 1.82) is 0 Å². The Morgan fingerprint density at radius 1 is 1.04 bits per heavy atom. The largest absolute Gasteiger partial charge is 0.392 e. The lowest BCUT2D eigenvalue weighted by Crippen LogP contribution is -2.46. The summed E-state index contributed by atoms with van der Waals surface area (Å²) >= 11 is 0. The van der Waals surface area contributed by atoms with E-state index in [1.807, 2.05) is 17.0 Å². The molecule has 1 atom stereocenters. The maximum Gasteiger partial charge on any atom is 0.253 e. The lowest BCUT2D eigenvalue weighted by atomic mass is 9.97. The molecular formula is C23H29N3O2. The lowest BCUT2D eigenvalue weighted by molar-refractivity contribution is 0.0641. The van der Waals surface area contributed by atoms with Gasteiger partial charge in [0.2, 0.25) is 0 Å². The van der Waals surface area contributed by atoms with E-state index in [2.05, 4.69) is 22.0 Å². The summed E-state index contributed by atoms with van der Waals surface area (Å²) < 4.78 is 0. The molecule has 0 radical (unpaired) electrons. The van der Waals surface area contributed by atoms with Gasteiger partial charge in [-0.15, -0.1) is 0 Å². The highest BCUT2D eigenvalue weighted by Gasteiger charge is 2.32. The summed E-state index contributed by atoms with van der Waals surface area (Å²) in [6, 6.07) is 12.5. The summed E-state index contributed by atoms with van der Waals surface area (Å²) in [5.74, 6) is 0.814. The number of hydrogen-bond donors (Lipinski definition) is 1. The van der Waals surface area contributed by atoms with Gasteiger partial charge >= 0.3 is 0 Å². The average Bonchev–Trinajstić information content (AvgIpc) is 3.22. The molecule has 0 unspecified atom stereocenters. The summed E-state index contributed by atoms with van der Waals surface area (Å²) in [5.41, 5.74) is 3.06. The number of carbonyl (C=O) groups is 1. The van der Waals surface area contributed by atoms with Crippen LogP contribution in [0.5, 0.6) is 0 Å². The van der Waals surface area contributed by atoms with Gasteiger partial charge in [0.05, 0.1) is 6.61 Å². The molecule has 2 aliphatic heterocycles. The monoisotopic (exact) mass is 379 g/mol. The van der Waals surface area contributed by atoms with Crippen LogP contribution in [-0.4, -0.2) is 58.0 Å². The first-order chi connectivity index (χ1) is 13.7. The van der Waals surface area contributed by atoms with E-state index >= 15 is 0 Å². The second-order valence-electron chi connectivity index (χ2n) is 8.09. The van der Waals surface area contributed by atoms with Gasteiger partial charge in [0.1, 0.15) is 0 Å². The van der Waals surface area contributed by atoms with Gasteiger partial charge in [-0.2, -0.15) is 0 Å². The Kier molecular flexibility index (Phi) is 6.03. The first kappa shape index (κ1) is 19.1. The fourth-order valence-corrected chi connectivity index (χ4v) is 4.66. The van der Waals surface area contributed by atoms with Crippen molar-refractivity contribution in [3.63, 3.8) is 0 Å². The highest BCUT2D eigenvalue weighted by molar-refractivity contribution is 5.94.